The number of rotatable bonds is 6. The molecule has 21 heavy (non-hydrogen) atoms. The van der Waals surface area contributed by atoms with Crippen molar-refractivity contribution in [2.45, 2.75) is 19.3 Å². The molecule has 0 atom stereocenters. The van der Waals surface area contributed by atoms with E-state index in [2.05, 4.69) is 0 Å². The Hall–Kier alpha value is -2.11. The number of benzene rings is 1. The van der Waals surface area contributed by atoms with Crippen molar-refractivity contribution in [1.82, 2.24) is 4.90 Å². The minimum Gasteiger partial charge on any atom is -0.481 e. The first-order chi connectivity index (χ1) is 10.1. The quantitative estimate of drug-likeness (QED) is 0.868. The molecule has 0 saturated carbocycles. The predicted octanol–water partition coefficient (Wildman–Crippen LogP) is 1.73. The third-order valence-corrected chi connectivity index (χ3v) is 3.57. The van der Waals surface area contributed by atoms with Crippen LogP contribution in [0.25, 0.3) is 0 Å². The number of carbonyl (C=O) groups excluding carboxylic acids is 1. The molecule has 6 heteroatoms. The molecule has 0 aromatic heterocycles. The highest BCUT2D eigenvalue weighted by Crippen LogP contribution is 2.19. The average Bonchev–Trinajstić information content (AvgIpc) is 2.98. The molecule has 1 aliphatic heterocycles. The van der Waals surface area contributed by atoms with Crippen LogP contribution in [0.3, 0.4) is 0 Å². The highest BCUT2D eigenvalue weighted by atomic mass is 19.1. The number of hydrogen-bond donors (Lipinski definition) is 1. The monoisotopic (exact) mass is 294 g/mol. The Bertz CT molecular complexity index is 515. The van der Waals surface area contributed by atoms with Crippen LogP contribution in [-0.2, 0) is 9.59 Å². The summed E-state index contributed by atoms with van der Waals surface area (Å²) in [4.78, 5) is 26.2. The maximum Gasteiger partial charge on any atom is 0.305 e. The lowest BCUT2D eigenvalue weighted by Gasteiger charge is -2.26. The maximum absolute atomic E-state index is 13.9. The van der Waals surface area contributed by atoms with Gasteiger partial charge in [-0.25, -0.2) is 4.39 Å². The number of para-hydroxylation sites is 1. The SMILES string of the molecule is O=C(O)CCN(CC(=O)N1CCCC1)c1ccccc1F. The van der Waals surface area contributed by atoms with Gasteiger partial charge in [-0.15, -0.1) is 0 Å². The van der Waals surface area contributed by atoms with Gasteiger partial charge in [0.05, 0.1) is 18.7 Å². The van der Waals surface area contributed by atoms with Crippen molar-refractivity contribution in [2.75, 3.05) is 31.1 Å². The van der Waals surface area contributed by atoms with Gasteiger partial charge < -0.3 is 14.9 Å². The summed E-state index contributed by atoms with van der Waals surface area (Å²) in [5.41, 5.74) is 0.270. The first-order valence-corrected chi connectivity index (χ1v) is 7.07. The van der Waals surface area contributed by atoms with Crippen LogP contribution < -0.4 is 4.90 Å². The molecule has 0 aliphatic carbocycles. The fourth-order valence-corrected chi connectivity index (χ4v) is 2.45. The van der Waals surface area contributed by atoms with Crippen molar-refractivity contribution in [3.63, 3.8) is 0 Å². The molecule has 1 aromatic rings. The normalized spacial score (nSPS) is 14.2. The minimum atomic E-state index is -0.968. The van der Waals surface area contributed by atoms with Gasteiger partial charge >= 0.3 is 5.97 Å². The van der Waals surface area contributed by atoms with Gasteiger partial charge in [0.25, 0.3) is 0 Å². The number of likely N-dealkylation sites (tertiary alicyclic amines) is 1. The zero-order chi connectivity index (χ0) is 15.2. The largest absolute Gasteiger partial charge is 0.481 e. The van der Waals surface area contributed by atoms with E-state index in [1.54, 1.807) is 23.1 Å². The van der Waals surface area contributed by atoms with Crippen LogP contribution in [0, 0.1) is 5.82 Å². The number of halogens is 1. The van der Waals surface area contributed by atoms with Crippen molar-refractivity contribution < 1.29 is 19.1 Å². The van der Waals surface area contributed by atoms with Crippen molar-refractivity contribution in [2.24, 2.45) is 0 Å². The Kier molecular flexibility index (Phi) is 5.14. The van der Waals surface area contributed by atoms with Crippen molar-refractivity contribution in [3.05, 3.63) is 30.1 Å². The smallest absolute Gasteiger partial charge is 0.305 e. The Morgan fingerprint density at radius 2 is 1.90 bits per heavy atom. The molecule has 0 radical (unpaired) electrons. The lowest BCUT2D eigenvalue weighted by molar-refractivity contribution is -0.137. The fraction of sp³-hybridized carbons (Fsp3) is 0.467. The summed E-state index contributed by atoms with van der Waals surface area (Å²) in [7, 11) is 0. The van der Waals surface area contributed by atoms with E-state index >= 15 is 0 Å². The molecular weight excluding hydrogens is 275 g/mol. The van der Waals surface area contributed by atoms with Crippen LogP contribution >= 0.6 is 0 Å². The molecule has 0 spiro atoms. The summed E-state index contributed by atoms with van der Waals surface area (Å²) < 4.78 is 13.9. The molecule has 114 valence electrons. The molecule has 1 aromatic carbocycles. The minimum absolute atomic E-state index is 0.00815. The van der Waals surface area contributed by atoms with Crippen molar-refractivity contribution in [1.29, 1.82) is 0 Å². The average molecular weight is 294 g/mol. The first kappa shape index (κ1) is 15.3. The summed E-state index contributed by atoms with van der Waals surface area (Å²) in [6.07, 6.45) is 1.84. The standard InChI is InChI=1S/C15H19FN2O3/c16-12-5-1-2-6-13(12)18(10-7-15(20)21)11-14(19)17-8-3-4-9-17/h1-2,5-6H,3-4,7-11H2,(H,20,21). The molecule has 0 bridgehead atoms. The molecular formula is C15H19FN2O3. The molecule has 1 saturated heterocycles. The van der Waals surface area contributed by atoms with E-state index < -0.39 is 11.8 Å². The number of amides is 1. The van der Waals surface area contributed by atoms with E-state index in [1.165, 1.54) is 11.0 Å². The summed E-state index contributed by atoms with van der Waals surface area (Å²) in [5.74, 6) is -1.50. The van der Waals surface area contributed by atoms with Gasteiger partial charge in [-0.1, -0.05) is 12.1 Å². The van der Waals surface area contributed by atoms with Gasteiger partial charge in [0.15, 0.2) is 0 Å². The highest BCUT2D eigenvalue weighted by Gasteiger charge is 2.22. The zero-order valence-electron chi connectivity index (χ0n) is 11.8. The second-order valence-corrected chi connectivity index (χ2v) is 5.10. The number of carboxylic acid groups (broad SMARTS) is 1. The lowest BCUT2D eigenvalue weighted by atomic mass is 10.2. The number of carbonyl (C=O) groups is 2. The van der Waals surface area contributed by atoms with Crippen LogP contribution in [0.4, 0.5) is 10.1 Å². The van der Waals surface area contributed by atoms with Crippen LogP contribution in [0.5, 0.6) is 0 Å². The van der Waals surface area contributed by atoms with E-state index in [0.717, 1.165) is 25.9 Å². The van der Waals surface area contributed by atoms with Crippen molar-refractivity contribution >= 4 is 17.6 Å². The first-order valence-electron chi connectivity index (χ1n) is 7.07. The van der Waals surface area contributed by atoms with Crippen LogP contribution in [0.15, 0.2) is 24.3 Å². The molecule has 1 amide bonds. The lowest BCUT2D eigenvalue weighted by Crippen LogP contribution is -2.40. The van der Waals surface area contributed by atoms with E-state index in [0.29, 0.717) is 0 Å². The van der Waals surface area contributed by atoms with E-state index in [-0.39, 0.29) is 31.1 Å². The third kappa shape index (κ3) is 4.18. The van der Waals surface area contributed by atoms with Gasteiger partial charge in [-0.3, -0.25) is 9.59 Å². The number of hydrogen-bond acceptors (Lipinski definition) is 3. The third-order valence-electron chi connectivity index (χ3n) is 3.57. The summed E-state index contributed by atoms with van der Waals surface area (Å²) in [6, 6.07) is 6.11. The maximum atomic E-state index is 13.9. The molecule has 5 nitrogen and oxygen atoms in total. The number of anilines is 1. The Morgan fingerprint density at radius 3 is 2.52 bits per heavy atom. The Balaban J connectivity index is 2.09. The van der Waals surface area contributed by atoms with Crippen LogP contribution in [-0.4, -0.2) is 48.1 Å². The topological polar surface area (TPSA) is 60.9 Å². The van der Waals surface area contributed by atoms with Gasteiger partial charge in [0.2, 0.25) is 5.91 Å². The second kappa shape index (κ2) is 7.06. The Morgan fingerprint density at radius 1 is 1.24 bits per heavy atom. The Labute approximate surface area is 123 Å². The van der Waals surface area contributed by atoms with Gasteiger partial charge in [-0.2, -0.15) is 0 Å². The van der Waals surface area contributed by atoms with E-state index in [9.17, 15) is 14.0 Å². The molecule has 1 heterocycles. The predicted molar refractivity (Wildman–Crippen MR) is 76.7 cm³/mol. The fourth-order valence-electron chi connectivity index (χ4n) is 2.45. The van der Waals surface area contributed by atoms with E-state index in [4.69, 9.17) is 5.11 Å². The van der Waals surface area contributed by atoms with Crippen molar-refractivity contribution in [3.8, 4) is 0 Å². The molecule has 1 fully saturated rings. The van der Waals surface area contributed by atoms with Gasteiger partial charge in [-0.05, 0) is 25.0 Å². The van der Waals surface area contributed by atoms with Gasteiger partial charge in [0.1, 0.15) is 5.82 Å². The summed E-state index contributed by atoms with van der Waals surface area (Å²) in [6.45, 7) is 1.57. The van der Waals surface area contributed by atoms with Crippen LogP contribution in [0.1, 0.15) is 19.3 Å². The zero-order valence-corrected chi connectivity index (χ0v) is 11.8. The second-order valence-electron chi connectivity index (χ2n) is 5.10. The summed E-state index contributed by atoms with van der Waals surface area (Å²) >= 11 is 0. The molecule has 0 unspecified atom stereocenters. The number of nitrogens with zero attached hydrogens (tertiary/aromatic N) is 2. The molecule has 1 aliphatic rings. The number of carboxylic acids is 1. The van der Waals surface area contributed by atoms with Gasteiger partial charge in [0, 0.05) is 19.6 Å². The highest BCUT2D eigenvalue weighted by molar-refractivity contribution is 5.82. The summed E-state index contributed by atoms with van der Waals surface area (Å²) in [5, 5.41) is 8.81. The molecule has 2 rings (SSSR count). The molecule has 1 N–H and O–H groups in total. The van der Waals surface area contributed by atoms with Crippen LogP contribution in [0.2, 0.25) is 0 Å². The van der Waals surface area contributed by atoms with E-state index in [1.807, 2.05) is 0 Å². The number of aliphatic carboxylic acids is 1.